The van der Waals surface area contributed by atoms with Crippen molar-refractivity contribution in [2.24, 2.45) is 5.41 Å². The first-order valence-electron chi connectivity index (χ1n) is 6.65. The summed E-state index contributed by atoms with van der Waals surface area (Å²) in [5.74, 6) is -0.0903. The first kappa shape index (κ1) is 16.4. The molecular weight excluding hydrogens is 214 g/mol. The van der Waals surface area contributed by atoms with Crippen LogP contribution in [0.15, 0.2) is 0 Å². The molecule has 17 heavy (non-hydrogen) atoms. The van der Waals surface area contributed by atoms with E-state index in [2.05, 4.69) is 32.6 Å². The Morgan fingerprint density at radius 3 is 2.00 bits per heavy atom. The quantitative estimate of drug-likeness (QED) is 0.644. The van der Waals surface area contributed by atoms with Gasteiger partial charge in [-0.25, -0.2) is 0 Å². The van der Waals surface area contributed by atoms with Crippen molar-refractivity contribution >= 4 is 5.97 Å². The molecule has 0 unspecified atom stereocenters. The zero-order valence-corrected chi connectivity index (χ0v) is 12.5. The maximum Gasteiger partial charge on any atom is 0.311 e. The van der Waals surface area contributed by atoms with Crippen molar-refractivity contribution in [3.63, 3.8) is 0 Å². The fraction of sp³-hybridized carbons (Fsp3) is 0.929. The lowest BCUT2D eigenvalue weighted by atomic mass is 9.91. The van der Waals surface area contributed by atoms with E-state index >= 15 is 0 Å². The van der Waals surface area contributed by atoms with Crippen LogP contribution in [0.1, 0.15) is 54.9 Å². The van der Waals surface area contributed by atoms with Crippen LogP contribution in [-0.4, -0.2) is 36.1 Å². The Morgan fingerprint density at radius 2 is 1.65 bits per heavy atom. The van der Waals surface area contributed by atoms with Gasteiger partial charge in [-0.15, -0.1) is 0 Å². The number of hydrogen-bond donors (Lipinski definition) is 0. The molecule has 0 fully saturated rings. The maximum atomic E-state index is 11.8. The van der Waals surface area contributed by atoms with Crippen molar-refractivity contribution in [1.29, 1.82) is 0 Å². The van der Waals surface area contributed by atoms with E-state index in [4.69, 9.17) is 4.74 Å². The van der Waals surface area contributed by atoms with Crippen molar-refractivity contribution in [3.05, 3.63) is 0 Å². The van der Waals surface area contributed by atoms with Gasteiger partial charge in [-0.05, 0) is 48.0 Å². The van der Waals surface area contributed by atoms with Gasteiger partial charge in [0.15, 0.2) is 0 Å². The Hall–Kier alpha value is -0.570. The number of carbonyl (C=O) groups is 1. The molecule has 0 saturated carbocycles. The second-order valence-electron chi connectivity index (χ2n) is 5.80. The van der Waals surface area contributed by atoms with Gasteiger partial charge in [-0.3, -0.25) is 9.69 Å². The Balaban J connectivity index is 4.10. The van der Waals surface area contributed by atoms with E-state index in [1.165, 1.54) is 0 Å². The van der Waals surface area contributed by atoms with Crippen LogP contribution >= 0.6 is 0 Å². The molecule has 0 bridgehead atoms. The summed E-state index contributed by atoms with van der Waals surface area (Å²) in [6, 6.07) is 0.959. The highest BCUT2D eigenvalue weighted by Gasteiger charge is 2.27. The van der Waals surface area contributed by atoms with Crippen molar-refractivity contribution in [2.45, 2.75) is 67.0 Å². The van der Waals surface area contributed by atoms with Crippen molar-refractivity contribution in [1.82, 2.24) is 4.90 Å². The molecule has 0 aromatic carbocycles. The summed E-state index contributed by atoms with van der Waals surface area (Å²) < 4.78 is 5.35. The topological polar surface area (TPSA) is 29.5 Å². The van der Waals surface area contributed by atoms with Crippen molar-refractivity contribution < 1.29 is 9.53 Å². The lowest BCUT2D eigenvalue weighted by Gasteiger charge is -2.30. The summed E-state index contributed by atoms with van der Waals surface area (Å²) in [7, 11) is 0. The molecule has 0 aromatic heterocycles. The Morgan fingerprint density at radius 1 is 1.18 bits per heavy atom. The molecule has 0 aromatic rings. The number of carbonyl (C=O) groups excluding carboxylic acids is 1. The van der Waals surface area contributed by atoms with Crippen LogP contribution in [0.3, 0.4) is 0 Å². The lowest BCUT2D eigenvalue weighted by Crippen LogP contribution is -2.40. The molecule has 0 saturated heterocycles. The molecule has 3 nitrogen and oxygen atoms in total. The van der Waals surface area contributed by atoms with Crippen molar-refractivity contribution in [2.75, 3.05) is 13.2 Å². The number of esters is 1. The van der Waals surface area contributed by atoms with Gasteiger partial charge in [0.05, 0.1) is 5.41 Å². The minimum Gasteiger partial charge on any atom is -0.464 e. The van der Waals surface area contributed by atoms with Crippen LogP contribution in [0.4, 0.5) is 0 Å². The van der Waals surface area contributed by atoms with Gasteiger partial charge in [-0.2, -0.15) is 0 Å². The molecule has 0 heterocycles. The number of rotatable bonds is 7. The predicted molar refractivity (Wildman–Crippen MR) is 72.0 cm³/mol. The summed E-state index contributed by atoms with van der Waals surface area (Å²) >= 11 is 0. The summed E-state index contributed by atoms with van der Waals surface area (Å²) in [6.07, 6.45) is 0.809. The Kier molecular flexibility index (Phi) is 6.76. The third-order valence-corrected chi connectivity index (χ3v) is 3.35. The van der Waals surface area contributed by atoms with Gasteiger partial charge in [0, 0.05) is 18.6 Å². The highest BCUT2D eigenvalue weighted by Crippen LogP contribution is 2.21. The molecule has 0 amide bonds. The largest absolute Gasteiger partial charge is 0.464 e. The minimum atomic E-state index is -0.361. The normalized spacial score (nSPS) is 12.6. The van der Waals surface area contributed by atoms with Crippen LogP contribution in [0, 0.1) is 5.41 Å². The second kappa shape index (κ2) is 7.00. The average molecular weight is 243 g/mol. The zero-order chi connectivity index (χ0) is 13.6. The SMILES string of the molecule is CCC(C)(C)C(=O)OCCN(C(C)C)C(C)C. The summed E-state index contributed by atoms with van der Waals surface area (Å²) in [5.41, 5.74) is -0.361. The molecule has 0 spiro atoms. The third kappa shape index (κ3) is 5.53. The van der Waals surface area contributed by atoms with Crippen LogP contribution in [0.2, 0.25) is 0 Å². The smallest absolute Gasteiger partial charge is 0.311 e. The van der Waals surface area contributed by atoms with Crippen LogP contribution in [-0.2, 0) is 9.53 Å². The lowest BCUT2D eigenvalue weighted by molar-refractivity contribution is -0.154. The predicted octanol–water partition coefficient (Wildman–Crippen LogP) is 3.08. The van der Waals surface area contributed by atoms with Crippen LogP contribution in [0.5, 0.6) is 0 Å². The van der Waals surface area contributed by atoms with Gasteiger partial charge in [0.25, 0.3) is 0 Å². The Labute approximate surface area is 107 Å². The van der Waals surface area contributed by atoms with E-state index in [-0.39, 0.29) is 11.4 Å². The van der Waals surface area contributed by atoms with Gasteiger partial charge < -0.3 is 4.74 Å². The first-order valence-corrected chi connectivity index (χ1v) is 6.65. The molecular formula is C14H29NO2. The number of hydrogen-bond acceptors (Lipinski definition) is 3. The van der Waals surface area contributed by atoms with Crippen LogP contribution in [0.25, 0.3) is 0 Å². The average Bonchev–Trinajstić information content (AvgIpc) is 2.22. The van der Waals surface area contributed by atoms with E-state index in [0.29, 0.717) is 18.7 Å². The third-order valence-electron chi connectivity index (χ3n) is 3.35. The van der Waals surface area contributed by atoms with Gasteiger partial charge in [0.1, 0.15) is 6.61 Å². The molecule has 3 heteroatoms. The van der Waals surface area contributed by atoms with E-state index in [0.717, 1.165) is 13.0 Å². The summed E-state index contributed by atoms with van der Waals surface area (Å²) in [5, 5.41) is 0. The minimum absolute atomic E-state index is 0.0903. The molecule has 0 aliphatic heterocycles. The van der Waals surface area contributed by atoms with Crippen LogP contribution < -0.4 is 0 Å². The molecule has 0 rings (SSSR count). The number of nitrogens with zero attached hydrogens (tertiary/aromatic N) is 1. The summed E-state index contributed by atoms with van der Waals surface area (Å²) in [6.45, 7) is 15.8. The fourth-order valence-corrected chi connectivity index (χ4v) is 1.70. The van der Waals surface area contributed by atoms with E-state index in [1.807, 2.05) is 20.8 Å². The van der Waals surface area contributed by atoms with E-state index in [9.17, 15) is 4.79 Å². The highest BCUT2D eigenvalue weighted by molar-refractivity contribution is 5.75. The van der Waals surface area contributed by atoms with E-state index < -0.39 is 0 Å². The molecule has 102 valence electrons. The Bertz CT molecular complexity index is 226. The zero-order valence-electron chi connectivity index (χ0n) is 12.5. The number of ether oxygens (including phenoxy) is 1. The maximum absolute atomic E-state index is 11.8. The molecule has 0 atom stereocenters. The summed E-state index contributed by atoms with van der Waals surface area (Å²) in [4.78, 5) is 14.1. The van der Waals surface area contributed by atoms with E-state index in [1.54, 1.807) is 0 Å². The molecule has 0 aliphatic carbocycles. The van der Waals surface area contributed by atoms with Gasteiger partial charge >= 0.3 is 5.97 Å². The van der Waals surface area contributed by atoms with Gasteiger partial charge in [-0.1, -0.05) is 6.92 Å². The molecule has 0 N–H and O–H groups in total. The first-order chi connectivity index (χ1) is 7.72. The second-order valence-corrected chi connectivity index (χ2v) is 5.80. The van der Waals surface area contributed by atoms with Gasteiger partial charge in [0.2, 0.25) is 0 Å². The van der Waals surface area contributed by atoms with Crippen molar-refractivity contribution in [3.8, 4) is 0 Å². The standard InChI is InChI=1S/C14H29NO2/c1-8-14(6,7)13(16)17-10-9-15(11(2)3)12(4)5/h11-12H,8-10H2,1-7H3. The molecule has 0 radical (unpaired) electrons. The fourth-order valence-electron chi connectivity index (χ4n) is 1.70. The molecule has 0 aliphatic rings. The highest BCUT2D eigenvalue weighted by atomic mass is 16.5. The monoisotopic (exact) mass is 243 g/mol.